The second kappa shape index (κ2) is 7.98. The highest BCUT2D eigenvalue weighted by Gasteiger charge is 2.11. The van der Waals surface area contributed by atoms with Gasteiger partial charge in [0.1, 0.15) is 5.75 Å². The molecule has 2 rings (SSSR count). The summed E-state index contributed by atoms with van der Waals surface area (Å²) >= 11 is 0. The minimum atomic E-state index is -0.366. The molecule has 0 saturated heterocycles. The van der Waals surface area contributed by atoms with Crippen LogP contribution in [0.1, 0.15) is 23.2 Å². The van der Waals surface area contributed by atoms with Crippen LogP contribution in [-0.2, 0) is 4.79 Å². The van der Waals surface area contributed by atoms with Gasteiger partial charge in [-0.05, 0) is 30.2 Å². The number of amides is 2. The van der Waals surface area contributed by atoms with Crippen molar-refractivity contribution in [1.82, 2.24) is 5.32 Å². The van der Waals surface area contributed by atoms with Gasteiger partial charge in [-0.2, -0.15) is 0 Å². The summed E-state index contributed by atoms with van der Waals surface area (Å²) in [6.07, 6.45) is 0.793. The minimum absolute atomic E-state index is 0.186. The summed E-state index contributed by atoms with van der Waals surface area (Å²) in [7, 11) is 1.60. The lowest BCUT2D eigenvalue weighted by Crippen LogP contribution is -2.25. The number of ether oxygens (including phenoxy) is 1. The van der Waals surface area contributed by atoms with Crippen LogP contribution in [0.5, 0.6) is 5.75 Å². The second-order valence-electron chi connectivity index (χ2n) is 5.11. The highest BCUT2D eigenvalue weighted by molar-refractivity contribution is 5.96. The van der Waals surface area contributed by atoms with Crippen molar-refractivity contribution in [3.8, 4) is 16.9 Å². The molecule has 0 bridgehead atoms. The Morgan fingerprint density at radius 1 is 1.13 bits per heavy atom. The first-order valence-corrected chi connectivity index (χ1v) is 7.42. The van der Waals surface area contributed by atoms with Gasteiger partial charge in [-0.1, -0.05) is 30.3 Å². The lowest BCUT2D eigenvalue weighted by molar-refractivity contribution is -0.118. The fourth-order valence-electron chi connectivity index (χ4n) is 2.26. The molecule has 23 heavy (non-hydrogen) atoms. The molecule has 3 N–H and O–H groups in total. The van der Waals surface area contributed by atoms with Crippen LogP contribution in [0.25, 0.3) is 11.1 Å². The fourth-order valence-corrected chi connectivity index (χ4v) is 2.26. The number of nitrogens with one attached hydrogen (secondary N) is 1. The number of nitrogens with two attached hydrogens (primary N) is 1. The molecule has 120 valence electrons. The zero-order valence-electron chi connectivity index (χ0n) is 13.0. The molecule has 2 amide bonds. The van der Waals surface area contributed by atoms with E-state index in [1.54, 1.807) is 25.3 Å². The highest BCUT2D eigenvalue weighted by atomic mass is 16.5. The van der Waals surface area contributed by atoms with E-state index in [1.807, 2.05) is 30.3 Å². The minimum Gasteiger partial charge on any atom is -0.496 e. The number of carbonyl (C=O) groups excluding carboxylic acids is 2. The molecule has 5 nitrogen and oxygen atoms in total. The van der Waals surface area contributed by atoms with Gasteiger partial charge in [-0.25, -0.2) is 0 Å². The maximum atomic E-state index is 12.2. The van der Waals surface area contributed by atoms with Gasteiger partial charge in [0, 0.05) is 24.1 Å². The lowest BCUT2D eigenvalue weighted by Gasteiger charge is -2.11. The van der Waals surface area contributed by atoms with E-state index in [-0.39, 0.29) is 18.2 Å². The molecule has 0 atom stereocenters. The number of hydrogen-bond acceptors (Lipinski definition) is 3. The Morgan fingerprint density at radius 2 is 1.87 bits per heavy atom. The Morgan fingerprint density at radius 3 is 2.52 bits per heavy atom. The average molecular weight is 312 g/mol. The van der Waals surface area contributed by atoms with E-state index in [1.165, 1.54) is 0 Å². The number of primary amides is 1. The lowest BCUT2D eigenvalue weighted by atomic mass is 10.0. The summed E-state index contributed by atoms with van der Waals surface area (Å²) < 4.78 is 5.38. The van der Waals surface area contributed by atoms with Crippen molar-refractivity contribution in [2.24, 2.45) is 5.73 Å². The van der Waals surface area contributed by atoms with E-state index in [2.05, 4.69) is 5.32 Å². The van der Waals surface area contributed by atoms with E-state index in [0.29, 0.717) is 24.3 Å². The average Bonchev–Trinajstić information content (AvgIpc) is 2.58. The van der Waals surface area contributed by atoms with Crippen molar-refractivity contribution < 1.29 is 14.3 Å². The predicted molar refractivity (Wildman–Crippen MR) is 89.2 cm³/mol. The quantitative estimate of drug-likeness (QED) is 0.770. The largest absolute Gasteiger partial charge is 0.496 e. The van der Waals surface area contributed by atoms with Gasteiger partial charge in [-0.3, -0.25) is 9.59 Å². The fraction of sp³-hybridized carbons (Fsp3) is 0.222. The molecule has 0 heterocycles. The smallest absolute Gasteiger partial charge is 0.251 e. The van der Waals surface area contributed by atoms with E-state index in [4.69, 9.17) is 10.5 Å². The summed E-state index contributed by atoms with van der Waals surface area (Å²) in [5, 5.41) is 2.78. The molecule has 0 saturated carbocycles. The molecule has 0 unspecified atom stereocenters. The second-order valence-corrected chi connectivity index (χ2v) is 5.11. The van der Waals surface area contributed by atoms with Gasteiger partial charge in [0.2, 0.25) is 5.91 Å². The molecule has 2 aromatic carbocycles. The first kappa shape index (κ1) is 16.5. The van der Waals surface area contributed by atoms with Crippen LogP contribution in [-0.4, -0.2) is 25.5 Å². The van der Waals surface area contributed by atoms with Gasteiger partial charge in [0.25, 0.3) is 5.91 Å². The molecule has 0 radical (unpaired) electrons. The third-order valence-corrected chi connectivity index (χ3v) is 3.43. The van der Waals surface area contributed by atoms with Crippen LogP contribution >= 0.6 is 0 Å². The van der Waals surface area contributed by atoms with E-state index in [0.717, 1.165) is 11.1 Å². The van der Waals surface area contributed by atoms with E-state index >= 15 is 0 Å². The van der Waals surface area contributed by atoms with Crippen LogP contribution in [0.2, 0.25) is 0 Å². The highest BCUT2D eigenvalue weighted by Crippen LogP contribution is 2.30. The number of methoxy groups -OCH3 is 1. The summed E-state index contributed by atoms with van der Waals surface area (Å²) in [6.45, 7) is 0.411. The maximum Gasteiger partial charge on any atom is 0.251 e. The molecule has 2 aromatic rings. The monoisotopic (exact) mass is 312 g/mol. The number of hydrogen-bond donors (Lipinski definition) is 2. The molecule has 0 aliphatic carbocycles. The Bertz CT molecular complexity index is 684. The van der Waals surface area contributed by atoms with E-state index < -0.39 is 0 Å². The van der Waals surface area contributed by atoms with Gasteiger partial charge < -0.3 is 15.8 Å². The van der Waals surface area contributed by atoms with Crippen molar-refractivity contribution in [3.05, 3.63) is 54.1 Å². The van der Waals surface area contributed by atoms with Crippen molar-refractivity contribution in [2.45, 2.75) is 12.8 Å². The maximum absolute atomic E-state index is 12.2. The molecule has 0 aliphatic heterocycles. The normalized spacial score (nSPS) is 10.1. The Kier molecular flexibility index (Phi) is 5.74. The van der Waals surface area contributed by atoms with Crippen LogP contribution < -0.4 is 15.8 Å². The summed E-state index contributed by atoms with van der Waals surface area (Å²) in [4.78, 5) is 22.9. The molecule has 0 fully saturated rings. The molecule has 5 heteroatoms. The number of carbonyl (C=O) groups is 2. The van der Waals surface area contributed by atoms with E-state index in [9.17, 15) is 9.59 Å². The van der Waals surface area contributed by atoms with Crippen molar-refractivity contribution in [2.75, 3.05) is 13.7 Å². The molecule has 0 aliphatic rings. The predicted octanol–water partition coefficient (Wildman–Crippen LogP) is 2.36. The topological polar surface area (TPSA) is 81.4 Å². The van der Waals surface area contributed by atoms with Crippen molar-refractivity contribution >= 4 is 11.8 Å². The van der Waals surface area contributed by atoms with Crippen molar-refractivity contribution in [3.63, 3.8) is 0 Å². The Hall–Kier alpha value is -2.82. The molecule has 0 aromatic heterocycles. The van der Waals surface area contributed by atoms with Crippen LogP contribution in [0, 0.1) is 0 Å². The van der Waals surface area contributed by atoms with Crippen LogP contribution in [0.15, 0.2) is 48.5 Å². The molecular weight excluding hydrogens is 292 g/mol. The van der Waals surface area contributed by atoms with Crippen LogP contribution in [0.3, 0.4) is 0 Å². The zero-order valence-corrected chi connectivity index (χ0v) is 13.0. The third kappa shape index (κ3) is 4.57. The van der Waals surface area contributed by atoms with Crippen molar-refractivity contribution in [1.29, 1.82) is 0 Å². The third-order valence-electron chi connectivity index (χ3n) is 3.43. The first-order valence-electron chi connectivity index (χ1n) is 7.42. The molecular formula is C18H20N2O3. The standard InChI is InChI=1S/C18H20N2O3/c1-23-16-10-9-14(18(22)20-11-5-8-17(19)21)12-15(16)13-6-3-2-4-7-13/h2-4,6-7,9-10,12H,5,8,11H2,1H3,(H2,19,21)(H,20,22). The summed E-state index contributed by atoms with van der Waals surface area (Å²) in [5.74, 6) is 0.158. The first-order chi connectivity index (χ1) is 11.1. The van der Waals surface area contributed by atoms with Gasteiger partial charge >= 0.3 is 0 Å². The Labute approximate surface area is 135 Å². The summed E-state index contributed by atoms with van der Waals surface area (Å²) in [6, 6.07) is 15.0. The van der Waals surface area contributed by atoms with Gasteiger partial charge in [0.05, 0.1) is 7.11 Å². The molecule has 0 spiro atoms. The zero-order chi connectivity index (χ0) is 16.7. The Balaban J connectivity index is 2.14. The number of rotatable bonds is 7. The van der Waals surface area contributed by atoms with Gasteiger partial charge in [0.15, 0.2) is 0 Å². The SMILES string of the molecule is COc1ccc(C(=O)NCCCC(N)=O)cc1-c1ccccc1. The number of benzene rings is 2. The van der Waals surface area contributed by atoms with Gasteiger partial charge in [-0.15, -0.1) is 0 Å². The van der Waals surface area contributed by atoms with Crippen LogP contribution in [0.4, 0.5) is 0 Å². The summed E-state index contributed by atoms with van der Waals surface area (Å²) in [5.41, 5.74) is 7.45.